The van der Waals surface area contributed by atoms with Crippen LogP contribution in [0.1, 0.15) is 12.1 Å². The molecule has 0 radical (unpaired) electrons. The Hall–Kier alpha value is -1.60. The highest BCUT2D eigenvalue weighted by Crippen LogP contribution is 2.08. The van der Waals surface area contributed by atoms with Crippen LogP contribution in [-0.4, -0.2) is 72.1 Å². The third kappa shape index (κ3) is 6.58. The van der Waals surface area contributed by atoms with Gasteiger partial charge < -0.3 is 15.1 Å². The molecule has 126 valence electrons. The summed E-state index contributed by atoms with van der Waals surface area (Å²) in [6.45, 7) is 3.81. The number of rotatable bonds is 7. The van der Waals surface area contributed by atoms with Gasteiger partial charge in [-0.25, -0.2) is 0 Å². The lowest BCUT2D eigenvalue weighted by Crippen LogP contribution is -2.47. The number of nitrogens with one attached hydrogen (secondary N) is 1. The Morgan fingerprint density at radius 3 is 2.74 bits per heavy atom. The third-order valence-corrected chi connectivity index (χ3v) is 4.69. The van der Waals surface area contributed by atoms with E-state index < -0.39 is 0 Å². The van der Waals surface area contributed by atoms with Crippen LogP contribution in [0.5, 0.6) is 0 Å². The maximum absolute atomic E-state index is 12.0. The third-order valence-electron chi connectivity index (χ3n) is 3.73. The van der Waals surface area contributed by atoms with E-state index in [0.717, 1.165) is 31.9 Å². The van der Waals surface area contributed by atoms with Gasteiger partial charge >= 0.3 is 0 Å². The fourth-order valence-corrected chi connectivity index (χ4v) is 3.08. The molecule has 2 amide bonds. The molecule has 0 saturated carbocycles. The summed E-state index contributed by atoms with van der Waals surface area (Å²) in [4.78, 5) is 32.1. The monoisotopic (exact) mass is 336 g/mol. The largest absolute Gasteiger partial charge is 0.355 e. The van der Waals surface area contributed by atoms with Gasteiger partial charge in [-0.1, -0.05) is 6.07 Å². The summed E-state index contributed by atoms with van der Waals surface area (Å²) in [5.74, 6) is 1.20. The van der Waals surface area contributed by atoms with Crippen LogP contribution >= 0.6 is 11.8 Å². The second-order valence-corrected chi connectivity index (χ2v) is 6.58. The second kappa shape index (κ2) is 9.52. The number of hydrogen-bond acceptors (Lipinski definition) is 5. The van der Waals surface area contributed by atoms with E-state index in [1.807, 2.05) is 23.1 Å². The zero-order chi connectivity index (χ0) is 16.5. The number of hydrogen-bond donors (Lipinski definition) is 1. The van der Waals surface area contributed by atoms with E-state index in [1.165, 1.54) is 11.8 Å². The van der Waals surface area contributed by atoms with Gasteiger partial charge in [0.2, 0.25) is 11.8 Å². The van der Waals surface area contributed by atoms with Gasteiger partial charge in [0.05, 0.1) is 11.4 Å². The topological polar surface area (TPSA) is 65.5 Å². The van der Waals surface area contributed by atoms with Crippen LogP contribution in [0.3, 0.4) is 0 Å². The average molecular weight is 336 g/mol. The molecule has 6 nitrogen and oxygen atoms in total. The summed E-state index contributed by atoms with van der Waals surface area (Å²) in [7, 11) is 2.06. The van der Waals surface area contributed by atoms with Crippen molar-refractivity contribution in [2.45, 2.75) is 12.2 Å². The maximum Gasteiger partial charge on any atom is 0.230 e. The first-order valence-corrected chi connectivity index (χ1v) is 9.01. The van der Waals surface area contributed by atoms with E-state index in [1.54, 1.807) is 6.20 Å². The summed E-state index contributed by atoms with van der Waals surface area (Å²) < 4.78 is 0. The van der Waals surface area contributed by atoms with Gasteiger partial charge in [-0.3, -0.25) is 14.6 Å². The molecule has 1 saturated heterocycles. The molecule has 7 heteroatoms. The Labute approximate surface area is 141 Å². The predicted octanol–water partition coefficient (Wildman–Crippen LogP) is 0.595. The molecule has 1 aromatic heterocycles. The molecule has 0 atom stereocenters. The quantitative estimate of drug-likeness (QED) is 0.790. The number of nitrogens with zero attached hydrogens (tertiary/aromatic N) is 3. The Bertz CT molecular complexity index is 504. The molecule has 0 aliphatic carbocycles. The molecular weight excluding hydrogens is 312 g/mol. The fraction of sp³-hybridized carbons (Fsp3) is 0.562. The standard InChI is InChI=1S/C16H24N4O2S/c1-19-8-10-20(11-9-19)16(22)5-7-18-15(21)13-23-12-14-4-2-3-6-17-14/h2-4,6H,5,7-13H2,1H3,(H,18,21). The summed E-state index contributed by atoms with van der Waals surface area (Å²) in [6.07, 6.45) is 2.13. The minimum atomic E-state index is -0.0305. The number of carbonyl (C=O) groups excluding carboxylic acids is 2. The van der Waals surface area contributed by atoms with Gasteiger partial charge in [-0.15, -0.1) is 11.8 Å². The Morgan fingerprint density at radius 2 is 2.04 bits per heavy atom. The molecule has 2 heterocycles. The first-order chi connectivity index (χ1) is 11.1. The minimum Gasteiger partial charge on any atom is -0.355 e. The lowest BCUT2D eigenvalue weighted by molar-refractivity contribution is -0.132. The van der Waals surface area contributed by atoms with Gasteiger partial charge in [0.1, 0.15) is 0 Å². The number of likely N-dealkylation sites (N-methyl/N-ethyl adjacent to an activating group) is 1. The summed E-state index contributed by atoms with van der Waals surface area (Å²) in [6, 6.07) is 5.75. The van der Waals surface area contributed by atoms with E-state index in [9.17, 15) is 9.59 Å². The van der Waals surface area contributed by atoms with Crippen LogP contribution in [0.4, 0.5) is 0 Å². The number of pyridine rings is 1. The van der Waals surface area contributed by atoms with Crippen molar-refractivity contribution in [3.8, 4) is 0 Å². The zero-order valence-corrected chi connectivity index (χ0v) is 14.3. The predicted molar refractivity (Wildman–Crippen MR) is 92.1 cm³/mol. The molecular formula is C16H24N4O2S. The average Bonchev–Trinajstić information content (AvgIpc) is 2.56. The lowest BCUT2D eigenvalue weighted by Gasteiger charge is -2.32. The number of aromatic nitrogens is 1. The van der Waals surface area contributed by atoms with Crippen molar-refractivity contribution in [3.05, 3.63) is 30.1 Å². The summed E-state index contributed by atoms with van der Waals surface area (Å²) in [5.41, 5.74) is 0.968. The van der Waals surface area contributed by atoms with Crippen LogP contribution in [0.25, 0.3) is 0 Å². The first-order valence-electron chi connectivity index (χ1n) is 7.86. The summed E-state index contributed by atoms with van der Waals surface area (Å²) in [5, 5.41) is 2.81. The molecule has 0 bridgehead atoms. The molecule has 1 aliphatic heterocycles. The van der Waals surface area contributed by atoms with Crippen molar-refractivity contribution in [3.63, 3.8) is 0 Å². The van der Waals surface area contributed by atoms with Crippen molar-refractivity contribution < 1.29 is 9.59 Å². The molecule has 1 aliphatic rings. The van der Waals surface area contributed by atoms with E-state index in [0.29, 0.717) is 24.5 Å². The van der Waals surface area contributed by atoms with Crippen molar-refractivity contribution >= 4 is 23.6 Å². The summed E-state index contributed by atoms with van der Waals surface area (Å²) >= 11 is 1.53. The molecule has 23 heavy (non-hydrogen) atoms. The van der Waals surface area contributed by atoms with Crippen molar-refractivity contribution in [1.29, 1.82) is 0 Å². The van der Waals surface area contributed by atoms with Crippen LogP contribution in [-0.2, 0) is 15.3 Å². The van der Waals surface area contributed by atoms with Crippen molar-refractivity contribution in [1.82, 2.24) is 20.1 Å². The maximum atomic E-state index is 12.0. The number of carbonyl (C=O) groups is 2. The Balaban J connectivity index is 1.55. The molecule has 1 aromatic rings. The minimum absolute atomic E-state index is 0.0305. The lowest BCUT2D eigenvalue weighted by atomic mass is 10.3. The van der Waals surface area contributed by atoms with Crippen LogP contribution in [0.2, 0.25) is 0 Å². The SMILES string of the molecule is CN1CCN(C(=O)CCNC(=O)CSCc2ccccn2)CC1. The van der Waals surface area contributed by atoms with Crippen molar-refractivity contribution in [2.75, 3.05) is 45.5 Å². The van der Waals surface area contributed by atoms with Crippen LogP contribution in [0, 0.1) is 0 Å². The first kappa shape index (κ1) is 17.7. The van der Waals surface area contributed by atoms with Gasteiger partial charge in [0.25, 0.3) is 0 Å². The smallest absolute Gasteiger partial charge is 0.230 e. The Morgan fingerprint density at radius 1 is 1.26 bits per heavy atom. The van der Waals surface area contributed by atoms with Gasteiger partial charge in [0, 0.05) is 51.1 Å². The molecule has 0 spiro atoms. The van der Waals surface area contributed by atoms with Crippen LogP contribution < -0.4 is 5.32 Å². The highest BCUT2D eigenvalue weighted by atomic mass is 32.2. The highest BCUT2D eigenvalue weighted by molar-refractivity contribution is 7.99. The molecule has 1 fully saturated rings. The Kier molecular flexibility index (Phi) is 7.35. The number of piperazine rings is 1. The molecule has 1 N–H and O–H groups in total. The van der Waals surface area contributed by atoms with Crippen LogP contribution in [0.15, 0.2) is 24.4 Å². The molecule has 0 unspecified atom stereocenters. The van der Waals surface area contributed by atoms with Gasteiger partial charge in [0.15, 0.2) is 0 Å². The van der Waals surface area contributed by atoms with E-state index >= 15 is 0 Å². The van der Waals surface area contributed by atoms with Gasteiger partial charge in [-0.2, -0.15) is 0 Å². The molecule has 0 aromatic carbocycles. The zero-order valence-electron chi connectivity index (χ0n) is 13.5. The van der Waals surface area contributed by atoms with Crippen molar-refractivity contribution in [2.24, 2.45) is 0 Å². The second-order valence-electron chi connectivity index (χ2n) is 5.60. The van der Waals surface area contributed by atoms with E-state index in [4.69, 9.17) is 0 Å². The van der Waals surface area contributed by atoms with E-state index in [-0.39, 0.29) is 11.8 Å². The fourth-order valence-electron chi connectivity index (χ4n) is 2.31. The molecule has 2 rings (SSSR count). The van der Waals surface area contributed by atoms with Gasteiger partial charge in [-0.05, 0) is 19.2 Å². The van der Waals surface area contributed by atoms with E-state index in [2.05, 4.69) is 22.2 Å². The number of thioether (sulfide) groups is 1. The highest BCUT2D eigenvalue weighted by Gasteiger charge is 2.18. The number of amides is 2. The normalized spacial score (nSPS) is 15.4.